The summed E-state index contributed by atoms with van der Waals surface area (Å²) in [5, 5.41) is 5.43. The van der Waals surface area contributed by atoms with Crippen molar-refractivity contribution in [2.24, 2.45) is 5.14 Å². The van der Waals surface area contributed by atoms with Crippen LogP contribution in [0.25, 0.3) is 10.2 Å². The number of nitrogens with one attached hydrogen (secondary N) is 2. The van der Waals surface area contributed by atoms with Crippen molar-refractivity contribution in [3.63, 3.8) is 0 Å². The second kappa shape index (κ2) is 6.55. The third-order valence-corrected chi connectivity index (χ3v) is 6.44. The van der Waals surface area contributed by atoms with E-state index < -0.39 is 27.8 Å². The average Bonchev–Trinajstić information content (AvgIpc) is 3.27. The number of thiazole rings is 1. The fourth-order valence-corrected chi connectivity index (χ4v) is 4.61. The summed E-state index contributed by atoms with van der Waals surface area (Å²) >= 11 is 1.14. The van der Waals surface area contributed by atoms with Crippen LogP contribution in [0.4, 0.5) is 13.2 Å². The Labute approximate surface area is 161 Å². The van der Waals surface area contributed by atoms with Gasteiger partial charge in [-0.15, -0.1) is 11.3 Å². The zero-order valence-electron chi connectivity index (χ0n) is 14.0. The van der Waals surface area contributed by atoms with Gasteiger partial charge in [0.25, 0.3) is 6.43 Å². The van der Waals surface area contributed by atoms with Gasteiger partial charge in [0.15, 0.2) is 0 Å². The summed E-state index contributed by atoms with van der Waals surface area (Å²) in [4.78, 5) is 4.20. The molecule has 0 saturated heterocycles. The summed E-state index contributed by atoms with van der Waals surface area (Å²) in [5.41, 5.74) is 4.10. The maximum absolute atomic E-state index is 14.1. The van der Waals surface area contributed by atoms with Crippen LogP contribution < -0.4 is 16.0 Å². The molecule has 0 spiro atoms. The number of fused-ring (bicyclic) bond motifs is 1. The van der Waals surface area contributed by atoms with Gasteiger partial charge in [-0.3, -0.25) is 0 Å². The Kier molecular flexibility index (Phi) is 4.42. The number of halogens is 3. The van der Waals surface area contributed by atoms with Gasteiger partial charge >= 0.3 is 0 Å². The Hall–Kier alpha value is -2.47. The van der Waals surface area contributed by atoms with E-state index >= 15 is 0 Å². The van der Waals surface area contributed by atoms with Crippen molar-refractivity contribution >= 4 is 31.6 Å². The molecular formula is C17H13F3N4O2S2. The molecule has 1 aliphatic heterocycles. The molecule has 6 nitrogen and oxygen atoms in total. The predicted octanol–water partition coefficient (Wildman–Crippen LogP) is 2.58. The number of hydrogen-bond acceptors (Lipinski definition) is 6. The molecule has 1 atom stereocenters. The second-order valence-electron chi connectivity index (χ2n) is 6.13. The number of sulfonamides is 1. The number of hydrogen-bond donors (Lipinski definition) is 3. The molecule has 0 fully saturated rings. The first-order valence-electron chi connectivity index (χ1n) is 7.94. The number of nitrogens with two attached hydrogens (primary N) is 1. The molecule has 28 heavy (non-hydrogen) atoms. The molecule has 2 aromatic carbocycles. The van der Waals surface area contributed by atoms with E-state index in [0.29, 0.717) is 15.3 Å². The van der Waals surface area contributed by atoms with Crippen molar-refractivity contribution in [1.29, 1.82) is 0 Å². The minimum atomic E-state index is -3.91. The van der Waals surface area contributed by atoms with E-state index in [1.807, 2.05) is 0 Å². The van der Waals surface area contributed by atoms with Gasteiger partial charge < -0.3 is 5.43 Å². The van der Waals surface area contributed by atoms with Crippen LogP contribution in [0.15, 0.2) is 59.1 Å². The number of primary sulfonamides is 1. The molecule has 3 aromatic rings. The molecular weight excluding hydrogens is 413 g/mol. The third kappa shape index (κ3) is 3.05. The first kappa shape index (κ1) is 18.9. The molecule has 0 radical (unpaired) electrons. The first-order valence-corrected chi connectivity index (χ1v) is 10.3. The quantitative estimate of drug-likeness (QED) is 0.596. The number of benzene rings is 2. The highest BCUT2D eigenvalue weighted by Gasteiger charge is 2.41. The minimum absolute atomic E-state index is 0.120. The van der Waals surface area contributed by atoms with Crippen LogP contribution in [0, 0.1) is 5.82 Å². The fourth-order valence-electron chi connectivity index (χ4n) is 2.98. The van der Waals surface area contributed by atoms with E-state index in [-0.39, 0.29) is 16.1 Å². The maximum atomic E-state index is 14.1. The van der Waals surface area contributed by atoms with E-state index in [1.165, 1.54) is 42.5 Å². The molecule has 1 aromatic heterocycles. The predicted molar refractivity (Wildman–Crippen MR) is 98.5 cm³/mol. The topological polar surface area (TPSA) is 97.1 Å². The normalized spacial score (nSPS) is 19.8. The molecule has 4 N–H and O–H groups in total. The highest BCUT2D eigenvalue weighted by molar-refractivity contribution is 7.89. The maximum Gasteiger partial charge on any atom is 0.279 e. The summed E-state index contributed by atoms with van der Waals surface area (Å²) in [6.45, 7) is 0. The SMILES string of the molecule is NS(=O)(=O)c1ccc(C2(c3nc4c(F)cccc4s3)C=C(C(F)F)NN2)cc1. The Bertz CT molecular complexity index is 1190. The monoisotopic (exact) mass is 426 g/mol. The highest BCUT2D eigenvalue weighted by Crippen LogP contribution is 2.40. The van der Waals surface area contributed by atoms with Gasteiger partial charge in [0.05, 0.1) is 15.3 Å². The van der Waals surface area contributed by atoms with Crippen LogP contribution in [0.1, 0.15) is 10.6 Å². The Balaban J connectivity index is 1.92. The number of nitrogens with zero attached hydrogens (tertiary/aromatic N) is 1. The molecule has 1 unspecified atom stereocenters. The number of allylic oxidation sites excluding steroid dienone is 1. The van der Waals surface area contributed by atoms with E-state index in [9.17, 15) is 21.6 Å². The Morgan fingerprint density at radius 2 is 1.86 bits per heavy atom. The molecule has 0 bridgehead atoms. The number of rotatable bonds is 4. The number of hydrazine groups is 1. The standard InChI is InChI=1S/C17H13F3N4O2S2/c18-11-2-1-3-13-14(11)22-16(27-13)17(8-12(15(19)20)23-24-17)9-4-6-10(7-5-9)28(21,25)26/h1-8,15,23-24H,(H2,21,25,26). The number of para-hydroxylation sites is 1. The number of aromatic nitrogens is 1. The summed E-state index contributed by atoms with van der Waals surface area (Å²) in [6, 6.07) is 9.92. The lowest BCUT2D eigenvalue weighted by Crippen LogP contribution is -2.43. The minimum Gasteiger partial charge on any atom is -0.319 e. The van der Waals surface area contributed by atoms with E-state index in [2.05, 4.69) is 15.8 Å². The largest absolute Gasteiger partial charge is 0.319 e. The summed E-state index contributed by atoms with van der Waals surface area (Å²) < 4.78 is 64.2. The van der Waals surface area contributed by atoms with Gasteiger partial charge in [0, 0.05) is 0 Å². The summed E-state index contributed by atoms with van der Waals surface area (Å²) in [5.74, 6) is -0.524. The van der Waals surface area contributed by atoms with Gasteiger partial charge in [-0.05, 0) is 35.9 Å². The third-order valence-electron chi connectivity index (χ3n) is 4.36. The van der Waals surface area contributed by atoms with Crippen molar-refractivity contribution in [2.45, 2.75) is 16.9 Å². The lowest BCUT2D eigenvalue weighted by atomic mass is 9.91. The summed E-state index contributed by atoms with van der Waals surface area (Å²) in [7, 11) is -3.91. The molecule has 4 rings (SSSR count). The van der Waals surface area contributed by atoms with Crippen molar-refractivity contribution in [3.8, 4) is 0 Å². The smallest absolute Gasteiger partial charge is 0.279 e. The van der Waals surface area contributed by atoms with Crippen molar-refractivity contribution < 1.29 is 21.6 Å². The zero-order valence-corrected chi connectivity index (χ0v) is 15.6. The molecule has 0 amide bonds. The fraction of sp³-hybridized carbons (Fsp3) is 0.118. The average molecular weight is 426 g/mol. The van der Waals surface area contributed by atoms with Crippen molar-refractivity contribution in [1.82, 2.24) is 15.8 Å². The van der Waals surface area contributed by atoms with Crippen LogP contribution in [0.2, 0.25) is 0 Å². The molecule has 11 heteroatoms. The van der Waals surface area contributed by atoms with Crippen LogP contribution in [0.5, 0.6) is 0 Å². The Morgan fingerprint density at radius 1 is 1.14 bits per heavy atom. The van der Waals surface area contributed by atoms with Crippen LogP contribution in [0.3, 0.4) is 0 Å². The van der Waals surface area contributed by atoms with E-state index in [4.69, 9.17) is 5.14 Å². The molecule has 1 aliphatic rings. The van der Waals surface area contributed by atoms with Crippen LogP contribution in [-0.4, -0.2) is 19.8 Å². The molecule has 0 saturated carbocycles. The zero-order chi connectivity index (χ0) is 20.1. The Morgan fingerprint density at radius 3 is 2.43 bits per heavy atom. The van der Waals surface area contributed by atoms with Gasteiger partial charge in [0.2, 0.25) is 10.0 Å². The summed E-state index contributed by atoms with van der Waals surface area (Å²) in [6.07, 6.45) is -1.51. The van der Waals surface area contributed by atoms with Gasteiger partial charge in [-0.25, -0.2) is 37.1 Å². The molecule has 2 heterocycles. The molecule has 0 aliphatic carbocycles. The van der Waals surface area contributed by atoms with Crippen LogP contribution >= 0.6 is 11.3 Å². The van der Waals surface area contributed by atoms with Gasteiger partial charge in [-0.1, -0.05) is 18.2 Å². The lowest BCUT2D eigenvalue weighted by molar-refractivity contribution is 0.179. The van der Waals surface area contributed by atoms with Crippen molar-refractivity contribution in [3.05, 3.63) is 70.6 Å². The van der Waals surface area contributed by atoms with Crippen molar-refractivity contribution in [2.75, 3.05) is 0 Å². The highest BCUT2D eigenvalue weighted by atomic mass is 32.2. The lowest BCUT2D eigenvalue weighted by Gasteiger charge is -2.25. The van der Waals surface area contributed by atoms with Gasteiger partial charge in [0.1, 0.15) is 21.9 Å². The second-order valence-corrected chi connectivity index (χ2v) is 8.73. The molecule has 146 valence electrons. The van der Waals surface area contributed by atoms with E-state index in [1.54, 1.807) is 6.07 Å². The van der Waals surface area contributed by atoms with Crippen LogP contribution in [-0.2, 0) is 15.6 Å². The van der Waals surface area contributed by atoms with E-state index in [0.717, 1.165) is 11.3 Å². The number of alkyl halides is 2. The van der Waals surface area contributed by atoms with Gasteiger partial charge in [-0.2, -0.15) is 0 Å². The first-order chi connectivity index (χ1) is 13.2.